The van der Waals surface area contributed by atoms with E-state index in [4.69, 9.17) is 0 Å². The Morgan fingerprint density at radius 2 is 1.15 bits per heavy atom. The Hall–Kier alpha value is -2.74. The topological polar surface area (TPSA) is 0 Å². The van der Waals surface area contributed by atoms with Crippen molar-refractivity contribution < 1.29 is 48.1 Å². The molecule has 0 aliphatic heterocycles. The number of benzene rings is 5. The first-order valence-electron chi connectivity index (χ1n) is 16.0. The molecule has 7 aromatic carbocycles. The van der Waals surface area contributed by atoms with Crippen molar-refractivity contribution in [3.05, 3.63) is 143 Å². The summed E-state index contributed by atoms with van der Waals surface area (Å²) >= 11 is 1.74. The molecular weight excluding hydrogens is 707 g/mol. The molecule has 7 rings (SSSR count). The molecule has 0 saturated carbocycles. The van der Waals surface area contributed by atoms with Crippen LogP contribution in [0.3, 0.4) is 0 Å². The molecule has 0 unspecified atom stereocenters. The Balaban J connectivity index is 0.000000221. The molecule has 47 heavy (non-hydrogen) atoms. The third-order valence-corrected chi connectivity index (χ3v) is 8.52. The summed E-state index contributed by atoms with van der Waals surface area (Å²) < 4.78 is 0. The molecule has 240 valence electrons. The van der Waals surface area contributed by atoms with E-state index in [1.165, 1.54) is 82.4 Å². The summed E-state index contributed by atoms with van der Waals surface area (Å²) in [5.74, 6) is 0.577. The summed E-state index contributed by atoms with van der Waals surface area (Å²) in [6.45, 7) is 17.9. The number of halogens is 2. The monoisotopic (exact) mass is 748 g/mol. The van der Waals surface area contributed by atoms with Gasteiger partial charge in [0, 0.05) is 0 Å². The van der Waals surface area contributed by atoms with E-state index in [-0.39, 0.29) is 30.2 Å². The Morgan fingerprint density at radius 3 is 1.83 bits per heavy atom. The van der Waals surface area contributed by atoms with E-state index in [0.717, 1.165) is 0 Å². The van der Waals surface area contributed by atoms with Gasteiger partial charge in [-0.25, -0.2) is 0 Å². The minimum Gasteiger partial charge on any atom is -1.00 e. The molecule has 0 aromatic heterocycles. The second-order valence-electron chi connectivity index (χ2n) is 12.8. The molecule has 0 radical (unpaired) electrons. The Kier molecular flexibility index (Phi) is 14.1. The summed E-state index contributed by atoms with van der Waals surface area (Å²) in [6.07, 6.45) is 0. The quantitative estimate of drug-likeness (QED) is 0.139. The van der Waals surface area contributed by atoms with Gasteiger partial charge in [0.25, 0.3) is 0 Å². The van der Waals surface area contributed by atoms with Crippen molar-refractivity contribution in [2.45, 2.75) is 60.6 Å². The molecule has 4 heteroatoms. The van der Waals surface area contributed by atoms with Crippen molar-refractivity contribution >= 4 is 37.8 Å². The summed E-state index contributed by atoms with van der Waals surface area (Å²) in [4.78, 5) is 0. The predicted octanol–water partition coefficient (Wildman–Crippen LogP) is 6.75. The zero-order valence-electron chi connectivity index (χ0n) is 28.8. The van der Waals surface area contributed by atoms with Crippen molar-refractivity contribution in [1.82, 2.24) is 0 Å². The molecule has 0 atom stereocenters. The number of rotatable bonds is 3. The van der Waals surface area contributed by atoms with E-state index in [9.17, 15) is 0 Å². The Morgan fingerprint density at radius 1 is 0.574 bits per heavy atom. The maximum absolute atomic E-state index is 2.36. The van der Waals surface area contributed by atoms with Gasteiger partial charge in [-0.1, -0.05) is 112 Å². The predicted molar refractivity (Wildman–Crippen MR) is 198 cm³/mol. The summed E-state index contributed by atoms with van der Waals surface area (Å²) in [5.41, 5.74) is 12.4. The van der Waals surface area contributed by atoms with Crippen LogP contribution in [0, 0.1) is 27.7 Å². The van der Waals surface area contributed by atoms with E-state index in [1.54, 1.807) is 23.3 Å². The van der Waals surface area contributed by atoms with Gasteiger partial charge in [-0.05, 0) is 52.8 Å². The number of fused-ring (bicyclic) bond motifs is 3. The standard InChI is InChI=1S/C21H17.C20H21.C2H6Si.2ClH.Zr/c1-14-12-20-15(2)10-11-19(21(20)13-14)18-9-5-7-16-6-3-4-8-17(16)18;1-13(2)17-11-16-9-6-10-18(19(16)12-17)20-14(3)7-5-8-15(20)4;1-3-2;;;/h3-13H,1-2H3;5-13H,1-4H3;1-2H3;2*1H;/q2*-1;;;;+2/p-2. The van der Waals surface area contributed by atoms with Crippen LogP contribution in [0.15, 0.2) is 115 Å². The molecule has 0 N–H and O–H groups in total. The van der Waals surface area contributed by atoms with Crippen molar-refractivity contribution in [1.29, 1.82) is 0 Å². The zero-order valence-corrected chi connectivity index (χ0v) is 33.8. The molecular formula is C43H44Cl2SiZr-2. The Labute approximate surface area is 309 Å². The summed E-state index contributed by atoms with van der Waals surface area (Å²) in [6, 6.07) is 42.2. The smallest absolute Gasteiger partial charge is 0.0114 e. The first-order chi connectivity index (χ1) is 21.5. The second-order valence-corrected chi connectivity index (χ2v) is 22.2. The van der Waals surface area contributed by atoms with Crippen molar-refractivity contribution in [2.24, 2.45) is 0 Å². The van der Waals surface area contributed by atoms with Crippen LogP contribution in [0.5, 0.6) is 0 Å². The van der Waals surface area contributed by atoms with Gasteiger partial charge < -0.3 is 24.8 Å². The summed E-state index contributed by atoms with van der Waals surface area (Å²) in [7, 11) is 0. The van der Waals surface area contributed by atoms with Gasteiger partial charge in [0.1, 0.15) is 0 Å². The third kappa shape index (κ3) is 8.84. The van der Waals surface area contributed by atoms with Crippen LogP contribution in [0.25, 0.3) is 54.6 Å². The maximum atomic E-state index is 2.36. The van der Waals surface area contributed by atoms with Crippen molar-refractivity contribution in [3.8, 4) is 22.3 Å². The molecule has 0 aliphatic rings. The van der Waals surface area contributed by atoms with Gasteiger partial charge >= 0.3 is 41.9 Å². The van der Waals surface area contributed by atoms with Crippen LogP contribution in [0.1, 0.15) is 47.6 Å². The van der Waals surface area contributed by atoms with Crippen LogP contribution in [0.4, 0.5) is 0 Å². The van der Waals surface area contributed by atoms with E-state index in [0.29, 0.717) is 5.92 Å². The van der Waals surface area contributed by atoms with Gasteiger partial charge in [0.15, 0.2) is 0 Å². The second kappa shape index (κ2) is 17.1. The largest absolute Gasteiger partial charge is 1.00 e. The zero-order chi connectivity index (χ0) is 32.2. The minimum absolute atomic E-state index is 0. The average molecular weight is 751 g/mol. The van der Waals surface area contributed by atoms with Gasteiger partial charge in [-0.2, -0.15) is 12.1 Å². The molecule has 0 nitrogen and oxygen atoms in total. The molecule has 0 spiro atoms. The molecule has 0 bridgehead atoms. The molecule has 0 amide bonds. The first kappa shape index (κ1) is 38.7. The maximum Gasteiger partial charge on any atom is -0.0114 e. The van der Waals surface area contributed by atoms with E-state index in [1.807, 2.05) is 0 Å². The van der Waals surface area contributed by atoms with Gasteiger partial charge in [-0.15, -0.1) is 68.6 Å². The van der Waals surface area contributed by atoms with E-state index >= 15 is 0 Å². The van der Waals surface area contributed by atoms with Crippen LogP contribution in [0.2, 0.25) is 13.1 Å². The fourth-order valence-corrected chi connectivity index (χ4v) is 6.33. The fourth-order valence-electron chi connectivity index (χ4n) is 6.33. The Bertz CT molecular complexity index is 2100. The molecule has 0 saturated heterocycles. The molecule has 0 fully saturated rings. The molecule has 0 heterocycles. The van der Waals surface area contributed by atoms with Crippen LogP contribution >= 0.6 is 0 Å². The number of aryl methyl sites for hydroxylation is 4. The minimum atomic E-state index is 0. The van der Waals surface area contributed by atoms with Gasteiger partial charge in [0.05, 0.1) is 0 Å². The molecule has 0 aliphatic carbocycles. The van der Waals surface area contributed by atoms with E-state index < -0.39 is 0 Å². The first-order valence-corrected chi connectivity index (χ1v) is 22.2. The van der Waals surface area contributed by atoms with Gasteiger partial charge in [-0.3, -0.25) is 0 Å². The SMILES string of the molecule is C[Si](C)=[Zr+2].Cc1cc2c(-c3cccc4ccccc34)ccc(C)c2[cH-]1.Cc1cccc(C)c1-c1cccc2[cH-]c(C(C)C)cc12.[Cl-].[Cl-]. The van der Waals surface area contributed by atoms with Gasteiger partial charge in [0.2, 0.25) is 0 Å². The van der Waals surface area contributed by atoms with E-state index in [2.05, 4.69) is 170 Å². The number of hydrogen-bond acceptors (Lipinski definition) is 0. The normalized spacial score (nSPS) is 10.5. The average Bonchev–Trinajstić information content (AvgIpc) is 3.62. The van der Waals surface area contributed by atoms with Crippen LogP contribution in [-0.2, 0) is 23.3 Å². The van der Waals surface area contributed by atoms with Crippen LogP contribution < -0.4 is 24.8 Å². The number of hydrogen-bond donors (Lipinski definition) is 0. The third-order valence-electron chi connectivity index (χ3n) is 8.52. The van der Waals surface area contributed by atoms with Crippen molar-refractivity contribution in [2.75, 3.05) is 0 Å². The fraction of sp³-hybridized carbons (Fsp3) is 0.209. The van der Waals surface area contributed by atoms with Crippen LogP contribution in [-0.4, -0.2) is 5.43 Å². The molecule has 7 aromatic rings. The van der Waals surface area contributed by atoms with Crippen molar-refractivity contribution in [3.63, 3.8) is 0 Å². The summed E-state index contributed by atoms with van der Waals surface area (Å²) in [5, 5.41) is 8.10.